The summed E-state index contributed by atoms with van der Waals surface area (Å²) in [5, 5.41) is 3.60. The molecule has 7 nitrogen and oxygen atoms in total. The molecule has 0 heterocycles. The largest absolute Gasteiger partial charge is 0.352 e. The van der Waals surface area contributed by atoms with Crippen LogP contribution < -0.4 is 9.62 Å². The molecule has 0 saturated heterocycles. The minimum atomic E-state index is -4.13. The first kappa shape index (κ1) is 31.6. The highest BCUT2D eigenvalue weighted by molar-refractivity contribution is 7.92. The van der Waals surface area contributed by atoms with Crippen molar-refractivity contribution in [1.82, 2.24) is 10.2 Å². The summed E-state index contributed by atoms with van der Waals surface area (Å²) < 4.78 is 29.4. The summed E-state index contributed by atoms with van der Waals surface area (Å²) in [4.78, 5) is 29.4. The normalized spacial score (nSPS) is 14.4. The highest BCUT2D eigenvalue weighted by Crippen LogP contribution is 2.29. The molecule has 0 aliphatic heterocycles. The molecule has 1 aliphatic rings. The minimum Gasteiger partial charge on any atom is -0.352 e. The van der Waals surface area contributed by atoms with Gasteiger partial charge in [-0.15, -0.1) is 0 Å². The average Bonchev–Trinajstić information content (AvgIpc) is 3.46. The molecule has 0 radical (unpaired) electrons. The maximum atomic E-state index is 14.3. The molecule has 1 unspecified atom stereocenters. The van der Waals surface area contributed by atoms with Crippen molar-refractivity contribution in [2.45, 2.75) is 83.3 Å². The van der Waals surface area contributed by atoms with Gasteiger partial charge >= 0.3 is 0 Å². The number of benzene rings is 3. The van der Waals surface area contributed by atoms with E-state index < -0.39 is 28.5 Å². The lowest BCUT2D eigenvalue weighted by Crippen LogP contribution is -2.53. The Morgan fingerprint density at radius 1 is 0.952 bits per heavy atom. The number of carbonyl (C=O) groups excluding carboxylic acids is 2. The fraction of sp³-hybridized carbons (Fsp3) is 0.394. The summed E-state index contributed by atoms with van der Waals surface area (Å²) in [6.45, 7) is 7.10. The molecule has 3 aromatic carbocycles. The van der Waals surface area contributed by atoms with Gasteiger partial charge in [-0.05, 0) is 75.4 Å². The molecule has 1 atom stereocenters. The highest BCUT2D eigenvalue weighted by atomic mass is 35.5. The third-order valence-corrected chi connectivity index (χ3v) is 10.0. The fourth-order valence-electron chi connectivity index (χ4n) is 5.53. The average molecular weight is 610 g/mol. The molecule has 9 heteroatoms. The van der Waals surface area contributed by atoms with Gasteiger partial charge in [0.15, 0.2) is 0 Å². The van der Waals surface area contributed by atoms with Gasteiger partial charge in [0.1, 0.15) is 12.6 Å². The zero-order valence-corrected chi connectivity index (χ0v) is 26.3. The number of rotatable bonds is 11. The molecular formula is C33H40ClN3O4S. The SMILES string of the molecule is CCC(C(=O)NC1CCCC1)N(Cc1ccccc1Cl)C(=O)CN(c1ccc(C)cc1C)S(=O)(=O)c1ccc(C)cc1. The third-order valence-electron chi connectivity index (χ3n) is 7.89. The maximum absolute atomic E-state index is 14.3. The van der Waals surface area contributed by atoms with E-state index in [9.17, 15) is 18.0 Å². The fourth-order valence-corrected chi connectivity index (χ4v) is 7.21. The van der Waals surface area contributed by atoms with E-state index in [1.54, 1.807) is 42.5 Å². The number of hydrogen-bond acceptors (Lipinski definition) is 4. The lowest BCUT2D eigenvalue weighted by atomic mass is 10.1. The Morgan fingerprint density at radius 3 is 2.21 bits per heavy atom. The Balaban J connectivity index is 1.75. The Kier molecular flexibility index (Phi) is 10.3. The van der Waals surface area contributed by atoms with E-state index in [4.69, 9.17) is 11.6 Å². The number of nitrogens with one attached hydrogen (secondary N) is 1. The van der Waals surface area contributed by atoms with Gasteiger partial charge in [0, 0.05) is 17.6 Å². The van der Waals surface area contributed by atoms with Crippen LogP contribution in [0.15, 0.2) is 71.6 Å². The second-order valence-corrected chi connectivity index (χ2v) is 13.4. The van der Waals surface area contributed by atoms with Gasteiger partial charge in [-0.2, -0.15) is 0 Å². The molecule has 4 rings (SSSR count). The lowest BCUT2D eigenvalue weighted by Gasteiger charge is -2.34. The van der Waals surface area contributed by atoms with Crippen molar-refractivity contribution in [2.75, 3.05) is 10.8 Å². The zero-order valence-electron chi connectivity index (χ0n) is 24.8. The molecule has 1 fully saturated rings. The van der Waals surface area contributed by atoms with Crippen LogP contribution >= 0.6 is 11.6 Å². The van der Waals surface area contributed by atoms with Crippen LogP contribution in [0.3, 0.4) is 0 Å². The summed E-state index contributed by atoms with van der Waals surface area (Å²) in [7, 11) is -4.13. The van der Waals surface area contributed by atoms with Crippen molar-refractivity contribution in [3.05, 3.63) is 94.0 Å². The van der Waals surface area contributed by atoms with Gasteiger partial charge in [-0.3, -0.25) is 13.9 Å². The van der Waals surface area contributed by atoms with E-state index in [0.717, 1.165) is 46.7 Å². The first-order chi connectivity index (χ1) is 20.0. The topological polar surface area (TPSA) is 86.8 Å². The van der Waals surface area contributed by atoms with Gasteiger partial charge in [0.2, 0.25) is 11.8 Å². The molecule has 1 N–H and O–H groups in total. The molecule has 1 aliphatic carbocycles. The van der Waals surface area contributed by atoms with Gasteiger partial charge in [0.25, 0.3) is 10.0 Å². The van der Waals surface area contributed by atoms with E-state index in [1.807, 2.05) is 52.0 Å². The first-order valence-corrected chi connectivity index (χ1v) is 16.3. The second kappa shape index (κ2) is 13.7. The van der Waals surface area contributed by atoms with E-state index in [-0.39, 0.29) is 23.4 Å². The number of anilines is 1. The van der Waals surface area contributed by atoms with Crippen molar-refractivity contribution < 1.29 is 18.0 Å². The Labute approximate surface area is 254 Å². The van der Waals surface area contributed by atoms with Crippen LogP contribution in [0.5, 0.6) is 0 Å². The molecule has 42 heavy (non-hydrogen) atoms. The predicted molar refractivity (Wildman–Crippen MR) is 168 cm³/mol. The summed E-state index contributed by atoms with van der Waals surface area (Å²) in [6, 6.07) is 18.5. The number of carbonyl (C=O) groups is 2. The monoisotopic (exact) mass is 609 g/mol. The molecule has 0 spiro atoms. The number of hydrogen-bond donors (Lipinski definition) is 1. The second-order valence-electron chi connectivity index (χ2n) is 11.1. The number of sulfonamides is 1. The van der Waals surface area contributed by atoms with Gasteiger partial charge < -0.3 is 10.2 Å². The van der Waals surface area contributed by atoms with Crippen LogP contribution in [0.25, 0.3) is 0 Å². The van der Waals surface area contributed by atoms with Crippen LogP contribution in [0.2, 0.25) is 5.02 Å². The van der Waals surface area contributed by atoms with Crippen LogP contribution in [-0.4, -0.2) is 43.8 Å². The molecular weight excluding hydrogens is 570 g/mol. The molecule has 3 aromatic rings. The quantitative estimate of drug-likeness (QED) is 0.275. The van der Waals surface area contributed by atoms with Crippen LogP contribution in [0, 0.1) is 20.8 Å². The van der Waals surface area contributed by atoms with Crippen molar-refractivity contribution in [2.24, 2.45) is 0 Å². The molecule has 0 bridgehead atoms. The van der Waals surface area contributed by atoms with Crippen molar-refractivity contribution in [3.8, 4) is 0 Å². The standard InChI is InChI=1S/C33H40ClN3O4S/c1-5-30(33(39)35-27-11-7-8-12-27)36(21-26-10-6-9-13-29(26)34)32(38)22-37(31-19-16-24(3)20-25(31)4)42(40,41)28-17-14-23(2)15-18-28/h6,9-10,13-20,27,30H,5,7-8,11-12,21-22H2,1-4H3,(H,35,39). The summed E-state index contributed by atoms with van der Waals surface area (Å²) >= 11 is 6.50. The number of aryl methyl sites for hydroxylation is 3. The molecule has 224 valence electrons. The highest BCUT2D eigenvalue weighted by Gasteiger charge is 2.35. The lowest BCUT2D eigenvalue weighted by molar-refractivity contribution is -0.140. The number of halogens is 1. The summed E-state index contributed by atoms with van der Waals surface area (Å²) in [5.41, 5.74) is 3.72. The Bertz CT molecular complexity index is 1520. The number of amides is 2. The zero-order chi connectivity index (χ0) is 30.4. The van der Waals surface area contributed by atoms with Crippen LogP contribution in [0.4, 0.5) is 5.69 Å². The van der Waals surface area contributed by atoms with Crippen molar-refractivity contribution in [3.63, 3.8) is 0 Å². The van der Waals surface area contributed by atoms with E-state index >= 15 is 0 Å². The van der Waals surface area contributed by atoms with Gasteiger partial charge in [0.05, 0.1) is 10.6 Å². The van der Waals surface area contributed by atoms with Crippen LogP contribution in [0.1, 0.15) is 61.3 Å². The Morgan fingerprint density at radius 2 is 1.60 bits per heavy atom. The number of nitrogens with zero attached hydrogens (tertiary/aromatic N) is 2. The van der Waals surface area contributed by atoms with Gasteiger partial charge in [-0.1, -0.05) is 85.0 Å². The van der Waals surface area contributed by atoms with E-state index in [1.165, 1.54) is 4.90 Å². The molecule has 1 saturated carbocycles. The van der Waals surface area contributed by atoms with E-state index in [2.05, 4.69) is 5.32 Å². The van der Waals surface area contributed by atoms with E-state index in [0.29, 0.717) is 22.7 Å². The van der Waals surface area contributed by atoms with Crippen molar-refractivity contribution in [1.29, 1.82) is 0 Å². The summed E-state index contributed by atoms with van der Waals surface area (Å²) in [5.74, 6) is -0.719. The summed E-state index contributed by atoms with van der Waals surface area (Å²) in [6.07, 6.45) is 4.31. The minimum absolute atomic E-state index is 0.0698. The van der Waals surface area contributed by atoms with Gasteiger partial charge in [-0.25, -0.2) is 8.42 Å². The third kappa shape index (κ3) is 7.34. The van der Waals surface area contributed by atoms with Crippen molar-refractivity contribution >= 4 is 39.1 Å². The molecule has 0 aromatic heterocycles. The predicted octanol–water partition coefficient (Wildman–Crippen LogP) is 6.33. The molecule has 2 amide bonds. The Hall–Kier alpha value is -3.36. The maximum Gasteiger partial charge on any atom is 0.264 e. The first-order valence-electron chi connectivity index (χ1n) is 14.5. The van der Waals surface area contributed by atoms with Crippen LogP contribution in [-0.2, 0) is 26.2 Å². The smallest absolute Gasteiger partial charge is 0.264 e.